The summed E-state index contributed by atoms with van der Waals surface area (Å²) in [6, 6.07) is 21.9. The van der Waals surface area contributed by atoms with Gasteiger partial charge in [-0.2, -0.15) is 0 Å². The molecule has 0 atom stereocenters. The lowest BCUT2D eigenvalue weighted by Gasteiger charge is -2.23. The van der Waals surface area contributed by atoms with Gasteiger partial charge in [0.15, 0.2) is 0 Å². The second-order valence-corrected chi connectivity index (χ2v) is 8.04. The fraction of sp³-hybridized carbons (Fsp3) is 0.308. The average molecular weight is 401 g/mol. The summed E-state index contributed by atoms with van der Waals surface area (Å²) in [5, 5.41) is 8.45. The van der Waals surface area contributed by atoms with Crippen molar-refractivity contribution in [1.29, 1.82) is 0 Å². The molecule has 0 saturated heterocycles. The number of nitrogens with one attached hydrogen (secondary N) is 2. The van der Waals surface area contributed by atoms with Crippen molar-refractivity contribution in [3.05, 3.63) is 77.9 Å². The van der Waals surface area contributed by atoms with E-state index in [0.29, 0.717) is 24.1 Å². The third-order valence-corrected chi connectivity index (χ3v) is 5.89. The van der Waals surface area contributed by atoms with E-state index in [2.05, 4.69) is 34.9 Å². The van der Waals surface area contributed by atoms with E-state index in [-0.39, 0.29) is 17.9 Å². The summed E-state index contributed by atoms with van der Waals surface area (Å²) in [6.45, 7) is 0. The number of benzene rings is 3. The van der Waals surface area contributed by atoms with E-state index in [9.17, 15) is 9.59 Å². The first-order valence-electron chi connectivity index (χ1n) is 10.9. The lowest BCUT2D eigenvalue weighted by molar-refractivity contribution is -0.116. The number of aryl methyl sites for hydroxylation is 1. The minimum Gasteiger partial charge on any atom is -0.349 e. The fourth-order valence-electron chi connectivity index (χ4n) is 4.27. The number of carbonyl (C=O) groups is 2. The Balaban J connectivity index is 1.40. The number of rotatable bonds is 6. The van der Waals surface area contributed by atoms with Crippen LogP contribution >= 0.6 is 0 Å². The molecule has 4 nitrogen and oxygen atoms in total. The maximum atomic E-state index is 12.8. The first kappa shape index (κ1) is 20.1. The maximum absolute atomic E-state index is 12.8. The van der Waals surface area contributed by atoms with Crippen LogP contribution in [0.2, 0.25) is 0 Å². The molecule has 2 amide bonds. The molecule has 0 spiro atoms. The van der Waals surface area contributed by atoms with E-state index in [0.717, 1.165) is 31.2 Å². The Labute approximate surface area is 177 Å². The molecule has 0 bridgehead atoms. The molecule has 2 N–H and O–H groups in total. The summed E-state index contributed by atoms with van der Waals surface area (Å²) in [7, 11) is 0. The smallest absolute Gasteiger partial charge is 0.253 e. The van der Waals surface area contributed by atoms with Crippen LogP contribution in [0.1, 0.15) is 54.4 Å². The van der Waals surface area contributed by atoms with Crippen LogP contribution in [0, 0.1) is 0 Å². The molecule has 3 aromatic carbocycles. The van der Waals surface area contributed by atoms with Crippen LogP contribution in [0.25, 0.3) is 10.8 Å². The molecule has 3 aromatic rings. The molecule has 4 rings (SSSR count). The van der Waals surface area contributed by atoms with Gasteiger partial charge in [-0.15, -0.1) is 0 Å². The first-order valence-corrected chi connectivity index (χ1v) is 10.9. The molecule has 1 aliphatic carbocycles. The summed E-state index contributed by atoms with van der Waals surface area (Å²) in [4.78, 5) is 25.4. The topological polar surface area (TPSA) is 58.2 Å². The molecule has 1 aliphatic rings. The molecule has 0 radical (unpaired) electrons. The van der Waals surface area contributed by atoms with Gasteiger partial charge in [0.05, 0.1) is 11.3 Å². The van der Waals surface area contributed by atoms with Gasteiger partial charge in [0, 0.05) is 12.5 Å². The molecule has 0 heterocycles. The number of hydrogen-bond acceptors (Lipinski definition) is 2. The summed E-state index contributed by atoms with van der Waals surface area (Å²) in [5.41, 5.74) is 2.27. The lowest BCUT2D eigenvalue weighted by atomic mass is 9.95. The van der Waals surface area contributed by atoms with Crippen LogP contribution in [0.4, 0.5) is 5.69 Å². The zero-order chi connectivity index (χ0) is 20.8. The summed E-state index contributed by atoms with van der Waals surface area (Å²) < 4.78 is 0. The van der Waals surface area contributed by atoms with E-state index < -0.39 is 0 Å². The second kappa shape index (κ2) is 9.57. The predicted molar refractivity (Wildman–Crippen MR) is 122 cm³/mol. The number of fused-ring (bicyclic) bond motifs is 1. The second-order valence-electron chi connectivity index (χ2n) is 8.04. The van der Waals surface area contributed by atoms with Gasteiger partial charge in [0.2, 0.25) is 5.91 Å². The zero-order valence-corrected chi connectivity index (χ0v) is 17.2. The molecule has 0 unspecified atom stereocenters. The van der Waals surface area contributed by atoms with Crippen molar-refractivity contribution < 1.29 is 9.59 Å². The minimum atomic E-state index is -0.105. The highest BCUT2D eigenvalue weighted by atomic mass is 16.2. The average Bonchev–Trinajstić information content (AvgIpc) is 2.78. The molecule has 0 aromatic heterocycles. The maximum Gasteiger partial charge on any atom is 0.253 e. The highest BCUT2D eigenvalue weighted by Gasteiger charge is 2.19. The van der Waals surface area contributed by atoms with Crippen LogP contribution in [0.5, 0.6) is 0 Å². The number of anilines is 1. The van der Waals surface area contributed by atoms with Gasteiger partial charge in [-0.1, -0.05) is 73.9 Å². The van der Waals surface area contributed by atoms with Gasteiger partial charge in [0.1, 0.15) is 0 Å². The summed E-state index contributed by atoms with van der Waals surface area (Å²) in [6.07, 6.45) is 6.66. The van der Waals surface area contributed by atoms with Crippen molar-refractivity contribution in [3.8, 4) is 0 Å². The van der Waals surface area contributed by atoms with Gasteiger partial charge in [0.25, 0.3) is 5.91 Å². The van der Waals surface area contributed by atoms with Crippen molar-refractivity contribution in [2.45, 2.75) is 51.0 Å². The van der Waals surface area contributed by atoms with Crippen molar-refractivity contribution in [3.63, 3.8) is 0 Å². The Bertz CT molecular complexity index is 1030. The zero-order valence-electron chi connectivity index (χ0n) is 17.2. The largest absolute Gasteiger partial charge is 0.349 e. The van der Waals surface area contributed by atoms with Gasteiger partial charge in [-0.25, -0.2) is 0 Å². The van der Waals surface area contributed by atoms with Crippen LogP contribution in [0.15, 0.2) is 66.7 Å². The van der Waals surface area contributed by atoms with Crippen LogP contribution in [-0.2, 0) is 11.2 Å². The van der Waals surface area contributed by atoms with E-state index >= 15 is 0 Å². The van der Waals surface area contributed by atoms with Crippen molar-refractivity contribution in [2.24, 2.45) is 0 Å². The van der Waals surface area contributed by atoms with Crippen molar-refractivity contribution in [2.75, 3.05) is 5.32 Å². The van der Waals surface area contributed by atoms with Crippen LogP contribution in [-0.4, -0.2) is 17.9 Å². The number of carbonyl (C=O) groups excluding carboxylic acids is 2. The molecule has 154 valence electrons. The summed E-state index contributed by atoms with van der Waals surface area (Å²) >= 11 is 0. The molecular formula is C26H28N2O2. The van der Waals surface area contributed by atoms with Gasteiger partial charge < -0.3 is 10.6 Å². The highest BCUT2D eigenvalue weighted by molar-refractivity contribution is 6.04. The Morgan fingerprint density at radius 2 is 1.57 bits per heavy atom. The fourth-order valence-corrected chi connectivity index (χ4v) is 4.27. The molecule has 1 fully saturated rings. The van der Waals surface area contributed by atoms with E-state index in [1.165, 1.54) is 17.2 Å². The minimum absolute atomic E-state index is 0.0825. The van der Waals surface area contributed by atoms with Crippen LogP contribution in [0.3, 0.4) is 0 Å². The SMILES string of the molecule is O=C(CCc1cccc2ccccc12)Nc1ccccc1C(=O)NC1CCCCC1. The van der Waals surface area contributed by atoms with Crippen molar-refractivity contribution in [1.82, 2.24) is 5.32 Å². The lowest BCUT2D eigenvalue weighted by Crippen LogP contribution is -2.36. The monoisotopic (exact) mass is 400 g/mol. The Hall–Kier alpha value is -3.14. The Morgan fingerprint density at radius 3 is 2.43 bits per heavy atom. The Morgan fingerprint density at radius 1 is 0.833 bits per heavy atom. The molecule has 30 heavy (non-hydrogen) atoms. The van der Waals surface area contributed by atoms with E-state index in [1.54, 1.807) is 12.1 Å². The van der Waals surface area contributed by atoms with Gasteiger partial charge in [-0.05, 0) is 47.7 Å². The van der Waals surface area contributed by atoms with Gasteiger partial charge >= 0.3 is 0 Å². The van der Waals surface area contributed by atoms with Gasteiger partial charge in [-0.3, -0.25) is 9.59 Å². The standard InChI is InChI=1S/C26H28N2O2/c29-25(18-17-20-11-8-10-19-9-4-5-14-22(19)20)28-24-16-7-6-15-23(24)26(30)27-21-12-2-1-3-13-21/h4-11,14-16,21H,1-3,12-13,17-18H2,(H,27,30)(H,28,29). The normalized spacial score (nSPS) is 14.4. The van der Waals surface area contributed by atoms with E-state index in [4.69, 9.17) is 0 Å². The molecule has 1 saturated carbocycles. The summed E-state index contributed by atoms with van der Waals surface area (Å²) in [5.74, 6) is -0.187. The molecule has 0 aliphatic heterocycles. The predicted octanol–water partition coefficient (Wildman–Crippen LogP) is 5.47. The first-order chi connectivity index (χ1) is 14.7. The molecular weight excluding hydrogens is 372 g/mol. The van der Waals surface area contributed by atoms with E-state index in [1.807, 2.05) is 30.3 Å². The third-order valence-electron chi connectivity index (χ3n) is 5.89. The number of amides is 2. The highest BCUT2D eigenvalue weighted by Crippen LogP contribution is 2.22. The quantitative estimate of drug-likeness (QED) is 0.576. The molecule has 4 heteroatoms. The van der Waals surface area contributed by atoms with Crippen LogP contribution < -0.4 is 10.6 Å². The number of para-hydroxylation sites is 1. The number of hydrogen-bond donors (Lipinski definition) is 2. The van der Waals surface area contributed by atoms with Crippen molar-refractivity contribution >= 4 is 28.3 Å². The Kier molecular flexibility index (Phi) is 6.43. The third kappa shape index (κ3) is 4.88.